The number of hydrogen-bond acceptors (Lipinski definition) is 8. The molecule has 0 unspecified atom stereocenters. The van der Waals surface area contributed by atoms with E-state index in [0.29, 0.717) is 0 Å². The molecular weight excluding hydrogens is 436 g/mol. The van der Waals surface area contributed by atoms with E-state index in [1.165, 1.54) is 36.7 Å². The Morgan fingerprint density at radius 3 is 1.62 bits per heavy atom. The van der Waals surface area contributed by atoms with Crippen molar-refractivity contribution in [2.75, 3.05) is 13.2 Å². The molecule has 0 N–H and O–H groups in total. The van der Waals surface area contributed by atoms with Crippen LogP contribution in [0.1, 0.15) is 27.1 Å². The third kappa shape index (κ3) is 7.54. The number of rotatable bonds is 10. The van der Waals surface area contributed by atoms with E-state index >= 15 is 0 Å². The number of aromatic nitrogens is 2. The van der Waals surface area contributed by atoms with Gasteiger partial charge in [-0.1, -0.05) is 0 Å². The lowest BCUT2D eigenvalue weighted by molar-refractivity contribution is 0.0391. The van der Waals surface area contributed by atoms with Gasteiger partial charge in [0.05, 0.1) is 24.3 Å². The summed E-state index contributed by atoms with van der Waals surface area (Å²) in [6.45, 7) is -0.295. The first kappa shape index (κ1) is 22.9. The maximum absolute atomic E-state index is 12.5. The molecule has 2 rings (SSSR count). The van der Waals surface area contributed by atoms with Crippen molar-refractivity contribution < 1.29 is 36.6 Å². The van der Waals surface area contributed by atoms with Gasteiger partial charge in [0.2, 0.25) is 0 Å². The zero-order chi connectivity index (χ0) is 21.2. The van der Waals surface area contributed by atoms with E-state index in [9.17, 15) is 27.2 Å². The Bertz CT molecular complexity index is 775. The van der Waals surface area contributed by atoms with E-state index < -0.39 is 23.5 Å². The molecule has 6 nitrogen and oxygen atoms in total. The van der Waals surface area contributed by atoms with Crippen LogP contribution in [-0.2, 0) is 9.47 Å². The van der Waals surface area contributed by atoms with Gasteiger partial charge in [-0.05, 0) is 47.8 Å². The maximum atomic E-state index is 12.5. The number of halogens is 4. The van der Waals surface area contributed by atoms with Gasteiger partial charge in [-0.3, -0.25) is 0 Å². The predicted octanol–water partition coefficient (Wildman–Crippen LogP) is 4.51. The molecule has 2 heterocycles. The third-order valence-electron chi connectivity index (χ3n) is 3.14. The monoisotopic (exact) mass is 450 g/mol. The average molecular weight is 450 g/mol. The summed E-state index contributed by atoms with van der Waals surface area (Å²) in [5, 5.41) is -0.306. The molecule has 0 aromatic carbocycles. The zero-order valence-electron chi connectivity index (χ0n) is 14.6. The fraction of sp³-hybridized carbons (Fsp3) is 0.294. The second-order valence-electron chi connectivity index (χ2n) is 5.09. The van der Waals surface area contributed by atoms with Gasteiger partial charge in [-0.25, -0.2) is 19.6 Å². The van der Waals surface area contributed by atoms with E-state index in [-0.39, 0.29) is 64.3 Å². The lowest BCUT2D eigenvalue weighted by Crippen LogP contribution is -2.13. The minimum atomic E-state index is -2.74. The van der Waals surface area contributed by atoms with Gasteiger partial charge in [-0.2, -0.15) is 17.6 Å². The number of pyridine rings is 2. The molecule has 0 saturated heterocycles. The van der Waals surface area contributed by atoms with Crippen molar-refractivity contribution in [3.63, 3.8) is 0 Å². The number of alkyl halides is 4. The molecule has 2 aromatic rings. The highest BCUT2D eigenvalue weighted by Crippen LogP contribution is 2.27. The Labute approximate surface area is 171 Å². The van der Waals surface area contributed by atoms with E-state index in [0.717, 1.165) is 0 Å². The molecule has 0 atom stereocenters. The molecule has 0 fully saturated rings. The van der Waals surface area contributed by atoms with Crippen LogP contribution in [0, 0.1) is 0 Å². The van der Waals surface area contributed by atoms with Crippen molar-refractivity contribution in [2.45, 2.75) is 28.0 Å². The second-order valence-corrected chi connectivity index (χ2v) is 7.05. The van der Waals surface area contributed by atoms with Crippen LogP contribution in [0.2, 0.25) is 0 Å². The third-order valence-corrected chi connectivity index (χ3v) is 4.59. The van der Waals surface area contributed by atoms with E-state index in [1.807, 2.05) is 0 Å². The number of thioether (sulfide) groups is 2. The summed E-state index contributed by atoms with van der Waals surface area (Å²) in [5.74, 6) is -7.15. The van der Waals surface area contributed by atoms with Gasteiger partial charge in [0.1, 0.15) is 10.1 Å². The minimum absolute atomic E-state index is 0.0983. The topological polar surface area (TPSA) is 78.4 Å². The molecule has 0 aliphatic heterocycles. The molecule has 0 saturated carbocycles. The molecule has 0 bridgehead atoms. The lowest BCUT2D eigenvalue weighted by atomic mass is 10.3. The van der Waals surface area contributed by atoms with Crippen LogP contribution in [0.15, 0.2) is 46.7 Å². The summed E-state index contributed by atoms with van der Waals surface area (Å²) < 4.78 is 60.0. The molecule has 156 valence electrons. The molecular formula is C17H14F4N2O4S2. The lowest BCUT2D eigenvalue weighted by Gasteiger charge is -2.09. The predicted molar refractivity (Wildman–Crippen MR) is 97.4 cm³/mol. The van der Waals surface area contributed by atoms with E-state index in [2.05, 4.69) is 9.97 Å². The first-order chi connectivity index (χ1) is 13.9. The molecule has 0 radical (unpaired) electrons. The molecule has 2 aromatic heterocycles. The Balaban J connectivity index is 1.81. The SMILES string of the molecule is O=C(OCCCOC(=O)c1cccnc1SC(F)F)c1cccnc1SC(F)F. The van der Waals surface area contributed by atoms with Gasteiger partial charge < -0.3 is 9.47 Å². The van der Waals surface area contributed by atoms with E-state index in [4.69, 9.17) is 9.47 Å². The Hall–Kier alpha value is -2.34. The quantitative estimate of drug-likeness (QED) is 0.226. The Kier molecular flexibility index (Phi) is 9.19. The van der Waals surface area contributed by atoms with Gasteiger partial charge in [0.15, 0.2) is 0 Å². The smallest absolute Gasteiger partial charge is 0.340 e. The molecule has 12 heteroatoms. The van der Waals surface area contributed by atoms with Crippen molar-refractivity contribution >= 4 is 35.5 Å². The fourth-order valence-corrected chi connectivity index (χ4v) is 3.13. The number of carbonyl (C=O) groups is 2. The molecule has 29 heavy (non-hydrogen) atoms. The van der Waals surface area contributed by atoms with Crippen LogP contribution in [0.5, 0.6) is 0 Å². The van der Waals surface area contributed by atoms with Crippen LogP contribution < -0.4 is 0 Å². The van der Waals surface area contributed by atoms with Gasteiger partial charge in [0, 0.05) is 18.8 Å². The number of esters is 2. The highest BCUT2D eigenvalue weighted by Gasteiger charge is 2.19. The summed E-state index contributed by atoms with van der Waals surface area (Å²) in [6.07, 6.45) is 2.67. The van der Waals surface area contributed by atoms with Crippen LogP contribution in [0.25, 0.3) is 0 Å². The normalized spacial score (nSPS) is 11.0. The summed E-state index contributed by atoms with van der Waals surface area (Å²) in [7, 11) is 0. The molecule has 0 amide bonds. The van der Waals surface area contributed by atoms with E-state index in [1.54, 1.807) is 0 Å². The highest BCUT2D eigenvalue weighted by molar-refractivity contribution is 7.99. The molecule has 0 aliphatic rings. The van der Waals surface area contributed by atoms with Crippen molar-refractivity contribution in [1.29, 1.82) is 0 Å². The second kappa shape index (κ2) is 11.6. The zero-order valence-corrected chi connectivity index (χ0v) is 16.2. The average Bonchev–Trinajstić information content (AvgIpc) is 2.67. The van der Waals surface area contributed by atoms with Gasteiger partial charge in [-0.15, -0.1) is 0 Å². The summed E-state index contributed by atoms with van der Waals surface area (Å²) in [6, 6.07) is 5.45. The number of carbonyl (C=O) groups excluding carboxylic acids is 2. The van der Waals surface area contributed by atoms with Crippen LogP contribution in [0.3, 0.4) is 0 Å². The van der Waals surface area contributed by atoms with Crippen molar-refractivity contribution in [3.05, 3.63) is 47.8 Å². The number of nitrogens with zero attached hydrogens (tertiary/aromatic N) is 2. The highest BCUT2D eigenvalue weighted by atomic mass is 32.2. The number of ether oxygens (including phenoxy) is 2. The van der Waals surface area contributed by atoms with Crippen LogP contribution in [-0.4, -0.2) is 46.6 Å². The van der Waals surface area contributed by atoms with Crippen molar-refractivity contribution in [2.24, 2.45) is 0 Å². The van der Waals surface area contributed by atoms with Gasteiger partial charge >= 0.3 is 11.9 Å². The first-order valence-corrected chi connectivity index (χ1v) is 9.78. The first-order valence-electron chi connectivity index (χ1n) is 8.02. The summed E-state index contributed by atoms with van der Waals surface area (Å²) >= 11 is 0.256. The van der Waals surface area contributed by atoms with Crippen LogP contribution >= 0.6 is 23.5 Å². The van der Waals surface area contributed by atoms with Gasteiger partial charge in [0.25, 0.3) is 11.5 Å². The number of hydrogen-bond donors (Lipinski definition) is 0. The molecule has 0 aliphatic carbocycles. The summed E-state index contributed by atoms with van der Waals surface area (Å²) in [5.41, 5.74) is -0.197. The van der Waals surface area contributed by atoms with Crippen molar-refractivity contribution in [1.82, 2.24) is 9.97 Å². The summed E-state index contributed by atoms with van der Waals surface area (Å²) in [4.78, 5) is 31.4. The standard InChI is InChI=1S/C17H14F4N2O4S2/c18-16(19)28-12-10(4-1-6-22-12)14(24)26-8-3-9-27-15(25)11-5-2-7-23-13(11)29-17(20)21/h1-2,4-7,16-17H,3,8-9H2. The Morgan fingerprint density at radius 2 is 1.24 bits per heavy atom. The van der Waals surface area contributed by atoms with Crippen molar-refractivity contribution in [3.8, 4) is 0 Å². The Morgan fingerprint density at radius 1 is 0.828 bits per heavy atom. The van der Waals surface area contributed by atoms with Crippen LogP contribution in [0.4, 0.5) is 17.6 Å². The fourth-order valence-electron chi connectivity index (χ4n) is 1.99. The minimum Gasteiger partial charge on any atom is -0.462 e. The molecule has 0 spiro atoms. The maximum Gasteiger partial charge on any atom is 0.340 e. The largest absolute Gasteiger partial charge is 0.462 e.